The minimum atomic E-state index is 0.240. The smallest absolute Gasteiger partial charge is 0.0659 e. The van der Waals surface area contributed by atoms with Crippen LogP contribution in [0.4, 0.5) is 0 Å². The number of hydrogen-bond donors (Lipinski definition) is 1. The number of benzene rings is 1. The van der Waals surface area contributed by atoms with Crippen molar-refractivity contribution >= 4 is 0 Å². The highest BCUT2D eigenvalue weighted by atomic mass is 15.3. The summed E-state index contributed by atoms with van der Waals surface area (Å²) in [5.74, 6) is 0. The maximum Gasteiger partial charge on any atom is 0.0659 e. The second-order valence-corrected chi connectivity index (χ2v) is 4.40. The Balaban J connectivity index is 1.99. The van der Waals surface area contributed by atoms with Gasteiger partial charge in [0, 0.05) is 12.2 Å². The zero-order chi connectivity index (χ0) is 12.1. The average Bonchev–Trinajstić information content (AvgIpc) is 2.77. The van der Waals surface area contributed by atoms with Crippen LogP contribution in [-0.2, 0) is 13.0 Å². The molecule has 0 spiro atoms. The molecule has 0 bridgehead atoms. The van der Waals surface area contributed by atoms with E-state index in [1.165, 1.54) is 11.1 Å². The summed E-state index contributed by atoms with van der Waals surface area (Å²) in [6.45, 7) is 2.93. The van der Waals surface area contributed by atoms with Crippen molar-refractivity contribution in [3.05, 3.63) is 53.9 Å². The van der Waals surface area contributed by atoms with E-state index in [1.54, 1.807) is 0 Å². The van der Waals surface area contributed by atoms with E-state index in [0.717, 1.165) is 19.4 Å². The molecule has 17 heavy (non-hydrogen) atoms. The second kappa shape index (κ2) is 5.64. The molecule has 1 unspecified atom stereocenters. The lowest BCUT2D eigenvalue weighted by atomic mass is 10.1. The fourth-order valence-electron chi connectivity index (χ4n) is 1.82. The Hall–Kier alpha value is -1.61. The summed E-state index contributed by atoms with van der Waals surface area (Å²) in [4.78, 5) is 0. The van der Waals surface area contributed by atoms with E-state index in [2.05, 4.69) is 30.4 Å². The quantitative estimate of drug-likeness (QED) is 0.854. The Kier molecular flexibility index (Phi) is 3.94. The molecule has 2 rings (SSSR count). The van der Waals surface area contributed by atoms with Crippen molar-refractivity contribution in [2.75, 3.05) is 0 Å². The number of hydrogen-bond acceptors (Lipinski definition) is 2. The monoisotopic (exact) mass is 229 g/mol. The molecule has 0 fully saturated rings. The standard InChI is InChI=1S/C14H19N3/c1-2-14(15)8-13-9-16-17(11-13)10-12-6-4-3-5-7-12/h3-7,9,11,14H,2,8,10,15H2,1H3. The average molecular weight is 229 g/mol. The molecule has 1 heterocycles. The highest BCUT2D eigenvalue weighted by molar-refractivity contribution is 5.15. The third-order valence-electron chi connectivity index (χ3n) is 2.90. The van der Waals surface area contributed by atoms with Gasteiger partial charge in [0.1, 0.15) is 0 Å². The van der Waals surface area contributed by atoms with E-state index in [-0.39, 0.29) is 6.04 Å². The van der Waals surface area contributed by atoms with Gasteiger partial charge in [-0.1, -0.05) is 37.3 Å². The van der Waals surface area contributed by atoms with Crippen LogP contribution >= 0.6 is 0 Å². The van der Waals surface area contributed by atoms with Gasteiger partial charge in [0.2, 0.25) is 0 Å². The maximum atomic E-state index is 5.93. The van der Waals surface area contributed by atoms with Gasteiger partial charge in [0.05, 0.1) is 12.7 Å². The molecule has 0 saturated heterocycles. The summed E-state index contributed by atoms with van der Waals surface area (Å²) >= 11 is 0. The van der Waals surface area contributed by atoms with Gasteiger partial charge in [0.25, 0.3) is 0 Å². The van der Waals surface area contributed by atoms with Gasteiger partial charge in [-0.15, -0.1) is 0 Å². The van der Waals surface area contributed by atoms with Crippen molar-refractivity contribution in [3.63, 3.8) is 0 Å². The summed E-state index contributed by atoms with van der Waals surface area (Å²) in [7, 11) is 0. The van der Waals surface area contributed by atoms with Gasteiger partial charge < -0.3 is 5.73 Å². The van der Waals surface area contributed by atoms with Gasteiger partial charge >= 0.3 is 0 Å². The third-order valence-corrected chi connectivity index (χ3v) is 2.90. The lowest BCUT2D eigenvalue weighted by molar-refractivity contribution is 0.644. The fourth-order valence-corrected chi connectivity index (χ4v) is 1.82. The maximum absolute atomic E-state index is 5.93. The van der Waals surface area contributed by atoms with E-state index < -0.39 is 0 Å². The molecule has 0 aliphatic heterocycles. The van der Waals surface area contributed by atoms with Crippen LogP contribution < -0.4 is 5.73 Å². The molecular formula is C14H19N3. The molecule has 2 aromatic rings. The largest absolute Gasteiger partial charge is 0.327 e. The lowest BCUT2D eigenvalue weighted by Crippen LogP contribution is -2.21. The molecule has 0 saturated carbocycles. The van der Waals surface area contributed by atoms with Crippen LogP contribution in [0.1, 0.15) is 24.5 Å². The van der Waals surface area contributed by atoms with Crippen molar-refractivity contribution in [2.24, 2.45) is 5.73 Å². The van der Waals surface area contributed by atoms with Crippen molar-refractivity contribution in [1.82, 2.24) is 9.78 Å². The Morgan fingerprint density at radius 2 is 2.00 bits per heavy atom. The molecule has 1 atom stereocenters. The zero-order valence-electron chi connectivity index (χ0n) is 10.2. The Bertz CT molecular complexity index is 448. The summed E-state index contributed by atoms with van der Waals surface area (Å²) < 4.78 is 1.97. The molecule has 1 aromatic heterocycles. The molecule has 3 heteroatoms. The van der Waals surface area contributed by atoms with E-state index in [1.807, 2.05) is 29.1 Å². The minimum Gasteiger partial charge on any atom is -0.327 e. The van der Waals surface area contributed by atoms with Crippen LogP contribution in [0.5, 0.6) is 0 Å². The van der Waals surface area contributed by atoms with Gasteiger partial charge in [-0.3, -0.25) is 4.68 Å². The fraction of sp³-hybridized carbons (Fsp3) is 0.357. The molecule has 0 aliphatic rings. The molecule has 1 aromatic carbocycles. The van der Waals surface area contributed by atoms with E-state index >= 15 is 0 Å². The van der Waals surface area contributed by atoms with E-state index in [0.29, 0.717) is 0 Å². The predicted molar refractivity (Wildman–Crippen MR) is 69.7 cm³/mol. The van der Waals surface area contributed by atoms with Crippen molar-refractivity contribution in [3.8, 4) is 0 Å². The molecule has 3 nitrogen and oxygen atoms in total. The molecule has 0 aliphatic carbocycles. The topological polar surface area (TPSA) is 43.8 Å². The Morgan fingerprint density at radius 3 is 2.71 bits per heavy atom. The Morgan fingerprint density at radius 1 is 1.24 bits per heavy atom. The van der Waals surface area contributed by atoms with Gasteiger partial charge in [-0.05, 0) is 24.0 Å². The van der Waals surface area contributed by atoms with Crippen molar-refractivity contribution < 1.29 is 0 Å². The first-order valence-corrected chi connectivity index (χ1v) is 6.08. The summed E-state index contributed by atoms with van der Waals surface area (Å²) in [5, 5.41) is 4.36. The van der Waals surface area contributed by atoms with Gasteiger partial charge in [-0.2, -0.15) is 5.10 Å². The SMILES string of the molecule is CCC(N)Cc1cnn(Cc2ccccc2)c1. The van der Waals surface area contributed by atoms with Crippen LogP contribution in [-0.4, -0.2) is 15.8 Å². The Labute approximate surface area is 102 Å². The summed E-state index contributed by atoms with van der Waals surface area (Å²) in [5.41, 5.74) is 8.41. The van der Waals surface area contributed by atoms with Crippen LogP contribution in [0.2, 0.25) is 0 Å². The molecule has 0 amide bonds. The van der Waals surface area contributed by atoms with E-state index in [9.17, 15) is 0 Å². The van der Waals surface area contributed by atoms with E-state index in [4.69, 9.17) is 5.73 Å². The minimum absolute atomic E-state index is 0.240. The van der Waals surface area contributed by atoms with Crippen LogP contribution in [0.25, 0.3) is 0 Å². The summed E-state index contributed by atoms with van der Waals surface area (Å²) in [6, 6.07) is 10.6. The number of rotatable bonds is 5. The first-order chi connectivity index (χ1) is 8.28. The highest BCUT2D eigenvalue weighted by Crippen LogP contribution is 2.06. The van der Waals surface area contributed by atoms with Gasteiger partial charge in [-0.25, -0.2) is 0 Å². The highest BCUT2D eigenvalue weighted by Gasteiger charge is 2.04. The van der Waals surface area contributed by atoms with Crippen molar-refractivity contribution in [2.45, 2.75) is 32.4 Å². The molecule has 2 N–H and O–H groups in total. The normalized spacial score (nSPS) is 12.6. The molecular weight excluding hydrogens is 210 g/mol. The lowest BCUT2D eigenvalue weighted by Gasteiger charge is -2.05. The number of nitrogens with two attached hydrogens (primary N) is 1. The van der Waals surface area contributed by atoms with Gasteiger partial charge in [0.15, 0.2) is 0 Å². The van der Waals surface area contributed by atoms with Crippen LogP contribution in [0.15, 0.2) is 42.7 Å². The number of aromatic nitrogens is 2. The predicted octanol–water partition coefficient (Wildman–Crippen LogP) is 2.21. The second-order valence-electron chi connectivity index (χ2n) is 4.40. The molecule has 90 valence electrons. The number of nitrogens with zero attached hydrogens (tertiary/aromatic N) is 2. The zero-order valence-corrected chi connectivity index (χ0v) is 10.2. The molecule has 0 radical (unpaired) electrons. The van der Waals surface area contributed by atoms with Crippen LogP contribution in [0, 0.1) is 0 Å². The first-order valence-electron chi connectivity index (χ1n) is 6.08. The third kappa shape index (κ3) is 3.43. The first kappa shape index (κ1) is 11.9. The van der Waals surface area contributed by atoms with Crippen molar-refractivity contribution in [1.29, 1.82) is 0 Å². The van der Waals surface area contributed by atoms with Crippen LogP contribution in [0.3, 0.4) is 0 Å². The summed E-state index contributed by atoms with van der Waals surface area (Å²) in [6.07, 6.45) is 5.91.